The molecule has 0 amide bonds. The lowest BCUT2D eigenvalue weighted by Gasteiger charge is -1.92. The quantitative estimate of drug-likeness (QED) is 0.603. The molecule has 1 aliphatic heterocycles. The SMILES string of the molecule is O=C1OC(c2cccs2)=N/C1=C\c1ccco1. The smallest absolute Gasteiger partial charge is 0.363 e. The summed E-state index contributed by atoms with van der Waals surface area (Å²) in [6.45, 7) is 0. The van der Waals surface area contributed by atoms with Gasteiger partial charge in [0.25, 0.3) is 0 Å². The van der Waals surface area contributed by atoms with Gasteiger partial charge in [-0.3, -0.25) is 0 Å². The fourth-order valence-corrected chi connectivity index (χ4v) is 2.07. The minimum atomic E-state index is -0.454. The van der Waals surface area contributed by atoms with E-state index in [1.807, 2.05) is 17.5 Å². The van der Waals surface area contributed by atoms with Crippen molar-refractivity contribution in [2.45, 2.75) is 0 Å². The van der Waals surface area contributed by atoms with E-state index in [0.29, 0.717) is 11.7 Å². The summed E-state index contributed by atoms with van der Waals surface area (Å²) in [5.74, 6) is 0.473. The summed E-state index contributed by atoms with van der Waals surface area (Å²) in [4.78, 5) is 16.5. The van der Waals surface area contributed by atoms with Gasteiger partial charge in [0.2, 0.25) is 5.90 Å². The Bertz CT molecular complexity index is 594. The summed E-state index contributed by atoms with van der Waals surface area (Å²) in [6, 6.07) is 7.23. The van der Waals surface area contributed by atoms with Gasteiger partial charge < -0.3 is 9.15 Å². The molecule has 3 heterocycles. The summed E-state index contributed by atoms with van der Waals surface area (Å²) in [7, 11) is 0. The fraction of sp³-hybridized carbons (Fsp3) is 0. The molecular formula is C12H7NO3S. The normalized spacial score (nSPS) is 17.3. The Morgan fingerprint density at radius 2 is 2.24 bits per heavy atom. The van der Waals surface area contributed by atoms with Gasteiger partial charge in [-0.25, -0.2) is 9.79 Å². The Kier molecular flexibility index (Phi) is 2.38. The predicted molar refractivity (Wildman–Crippen MR) is 63.6 cm³/mol. The molecule has 5 heteroatoms. The van der Waals surface area contributed by atoms with Crippen LogP contribution in [-0.4, -0.2) is 11.9 Å². The molecule has 0 bridgehead atoms. The van der Waals surface area contributed by atoms with Crippen LogP contribution in [0.15, 0.2) is 51.0 Å². The maximum atomic E-state index is 11.6. The van der Waals surface area contributed by atoms with Crippen molar-refractivity contribution >= 4 is 29.3 Å². The molecule has 1 aliphatic rings. The van der Waals surface area contributed by atoms with E-state index in [0.717, 1.165) is 4.88 Å². The van der Waals surface area contributed by atoms with Crippen molar-refractivity contribution in [3.63, 3.8) is 0 Å². The third-order valence-electron chi connectivity index (χ3n) is 2.17. The topological polar surface area (TPSA) is 51.8 Å². The van der Waals surface area contributed by atoms with Crippen LogP contribution in [-0.2, 0) is 9.53 Å². The van der Waals surface area contributed by atoms with Gasteiger partial charge in [-0.2, -0.15) is 0 Å². The lowest BCUT2D eigenvalue weighted by Crippen LogP contribution is -2.03. The summed E-state index contributed by atoms with van der Waals surface area (Å²) in [5, 5.41) is 1.90. The fourth-order valence-electron chi connectivity index (χ4n) is 1.42. The lowest BCUT2D eigenvalue weighted by atomic mass is 10.3. The number of ether oxygens (including phenoxy) is 1. The van der Waals surface area contributed by atoms with E-state index in [1.54, 1.807) is 18.2 Å². The summed E-state index contributed by atoms with van der Waals surface area (Å²) in [5.41, 5.74) is 0.253. The van der Waals surface area contributed by atoms with Crippen LogP contribution in [0.25, 0.3) is 6.08 Å². The van der Waals surface area contributed by atoms with Crippen LogP contribution in [0.5, 0.6) is 0 Å². The number of furan rings is 1. The summed E-state index contributed by atoms with van der Waals surface area (Å²) >= 11 is 1.47. The average molecular weight is 245 g/mol. The molecule has 0 fully saturated rings. The Balaban J connectivity index is 1.95. The first-order valence-corrected chi connectivity index (χ1v) is 5.81. The third-order valence-corrected chi connectivity index (χ3v) is 3.03. The number of aliphatic imine (C=N–C) groups is 1. The lowest BCUT2D eigenvalue weighted by molar-refractivity contribution is -0.129. The Hall–Kier alpha value is -2.14. The number of rotatable bonds is 2. The van der Waals surface area contributed by atoms with Crippen LogP contribution in [0, 0.1) is 0 Å². The molecule has 2 aromatic rings. The number of hydrogen-bond donors (Lipinski definition) is 0. The van der Waals surface area contributed by atoms with Crippen LogP contribution in [0.4, 0.5) is 0 Å². The second-order valence-corrected chi connectivity index (χ2v) is 4.28. The molecule has 3 rings (SSSR count). The molecule has 84 valence electrons. The molecule has 0 unspecified atom stereocenters. The van der Waals surface area contributed by atoms with Crippen molar-refractivity contribution < 1.29 is 13.9 Å². The number of esters is 1. The first kappa shape index (κ1) is 10.0. The molecule has 0 aromatic carbocycles. The molecule has 2 aromatic heterocycles. The Morgan fingerprint density at radius 3 is 2.94 bits per heavy atom. The minimum Gasteiger partial charge on any atom is -0.465 e. The van der Waals surface area contributed by atoms with Gasteiger partial charge in [-0.15, -0.1) is 11.3 Å². The Morgan fingerprint density at radius 1 is 1.29 bits per heavy atom. The Labute approximate surface area is 101 Å². The average Bonchev–Trinajstić information content (AvgIpc) is 3.02. The highest BCUT2D eigenvalue weighted by Gasteiger charge is 2.24. The molecule has 0 saturated carbocycles. The molecule has 0 saturated heterocycles. The third kappa shape index (κ3) is 1.92. The molecular weight excluding hydrogens is 238 g/mol. The zero-order valence-electron chi connectivity index (χ0n) is 8.62. The second-order valence-electron chi connectivity index (χ2n) is 3.33. The van der Waals surface area contributed by atoms with Gasteiger partial charge in [0.05, 0.1) is 11.1 Å². The first-order chi connectivity index (χ1) is 8.33. The maximum absolute atomic E-state index is 11.6. The van der Waals surface area contributed by atoms with Crippen LogP contribution < -0.4 is 0 Å². The molecule has 0 aliphatic carbocycles. The van der Waals surface area contributed by atoms with Crippen LogP contribution in [0.2, 0.25) is 0 Å². The second kappa shape index (κ2) is 4.03. The number of nitrogens with zero attached hydrogens (tertiary/aromatic N) is 1. The van der Waals surface area contributed by atoms with E-state index in [9.17, 15) is 4.79 Å². The number of carbonyl (C=O) groups is 1. The number of thiophene rings is 1. The van der Waals surface area contributed by atoms with E-state index in [1.165, 1.54) is 17.6 Å². The van der Waals surface area contributed by atoms with Crippen molar-refractivity contribution in [3.8, 4) is 0 Å². The van der Waals surface area contributed by atoms with Crippen molar-refractivity contribution in [3.05, 3.63) is 52.2 Å². The number of hydrogen-bond acceptors (Lipinski definition) is 5. The summed E-state index contributed by atoms with van der Waals surface area (Å²) < 4.78 is 10.2. The highest BCUT2D eigenvalue weighted by Crippen LogP contribution is 2.21. The van der Waals surface area contributed by atoms with E-state index >= 15 is 0 Å². The zero-order chi connectivity index (χ0) is 11.7. The largest absolute Gasteiger partial charge is 0.465 e. The van der Waals surface area contributed by atoms with Gasteiger partial charge in [-0.05, 0) is 23.6 Å². The van der Waals surface area contributed by atoms with Crippen LogP contribution in [0.3, 0.4) is 0 Å². The summed E-state index contributed by atoms with van der Waals surface area (Å²) in [6.07, 6.45) is 3.10. The van der Waals surface area contributed by atoms with Gasteiger partial charge in [-0.1, -0.05) is 6.07 Å². The molecule has 4 nitrogen and oxygen atoms in total. The van der Waals surface area contributed by atoms with Gasteiger partial charge in [0, 0.05) is 6.08 Å². The van der Waals surface area contributed by atoms with E-state index in [-0.39, 0.29) is 5.70 Å². The van der Waals surface area contributed by atoms with Gasteiger partial charge in [0.15, 0.2) is 5.70 Å². The number of carbonyl (C=O) groups excluding carboxylic acids is 1. The monoisotopic (exact) mass is 245 g/mol. The minimum absolute atomic E-state index is 0.253. The van der Waals surface area contributed by atoms with Crippen molar-refractivity contribution in [2.24, 2.45) is 4.99 Å². The predicted octanol–water partition coefficient (Wildman–Crippen LogP) is 2.69. The van der Waals surface area contributed by atoms with Gasteiger partial charge >= 0.3 is 5.97 Å². The standard InChI is InChI=1S/C12H7NO3S/c14-12-9(7-8-3-1-5-15-8)13-11(16-12)10-4-2-6-17-10/h1-7H/b9-7-. The highest BCUT2D eigenvalue weighted by atomic mass is 32.1. The molecule has 17 heavy (non-hydrogen) atoms. The van der Waals surface area contributed by atoms with Crippen LogP contribution in [0.1, 0.15) is 10.6 Å². The van der Waals surface area contributed by atoms with Crippen molar-refractivity contribution in [2.75, 3.05) is 0 Å². The number of cyclic esters (lactones) is 1. The first-order valence-electron chi connectivity index (χ1n) is 4.93. The van der Waals surface area contributed by atoms with Crippen molar-refractivity contribution in [1.82, 2.24) is 0 Å². The molecule has 0 atom stereocenters. The molecule has 0 radical (unpaired) electrons. The van der Waals surface area contributed by atoms with Crippen molar-refractivity contribution in [1.29, 1.82) is 0 Å². The van der Waals surface area contributed by atoms with E-state index in [2.05, 4.69) is 4.99 Å². The van der Waals surface area contributed by atoms with Gasteiger partial charge in [0.1, 0.15) is 5.76 Å². The van der Waals surface area contributed by atoms with E-state index < -0.39 is 5.97 Å². The maximum Gasteiger partial charge on any atom is 0.363 e. The zero-order valence-corrected chi connectivity index (χ0v) is 9.44. The molecule has 0 spiro atoms. The highest BCUT2D eigenvalue weighted by molar-refractivity contribution is 7.12. The molecule has 0 N–H and O–H groups in total. The van der Waals surface area contributed by atoms with E-state index in [4.69, 9.17) is 9.15 Å². The van der Waals surface area contributed by atoms with Crippen LogP contribution >= 0.6 is 11.3 Å².